The van der Waals surface area contributed by atoms with E-state index in [9.17, 15) is 14.7 Å². The molecule has 4 aromatic rings. The minimum atomic E-state index is -1.10. The predicted molar refractivity (Wildman–Crippen MR) is 122 cm³/mol. The molecule has 0 saturated carbocycles. The van der Waals surface area contributed by atoms with Crippen LogP contribution >= 0.6 is 0 Å². The first kappa shape index (κ1) is 20.5. The second kappa shape index (κ2) is 8.29. The molecule has 0 radical (unpaired) electrons. The summed E-state index contributed by atoms with van der Waals surface area (Å²) in [4.78, 5) is 24.6. The van der Waals surface area contributed by atoms with Crippen LogP contribution in [-0.2, 0) is 11.3 Å². The van der Waals surface area contributed by atoms with Gasteiger partial charge in [0.05, 0.1) is 23.0 Å². The molecule has 3 aromatic carbocycles. The van der Waals surface area contributed by atoms with Crippen molar-refractivity contribution in [2.45, 2.75) is 6.54 Å². The maximum absolute atomic E-state index is 12.3. The Labute approximate surface area is 189 Å². The van der Waals surface area contributed by atoms with E-state index in [2.05, 4.69) is 0 Å². The predicted octanol–water partition coefficient (Wildman–Crippen LogP) is 3.54. The van der Waals surface area contributed by atoms with Gasteiger partial charge in [-0.2, -0.15) is 0 Å². The molecule has 164 valence electrons. The molecule has 1 aliphatic heterocycles. The number of primary amides is 1. The van der Waals surface area contributed by atoms with Gasteiger partial charge in [-0.3, -0.25) is 9.69 Å². The second-order valence-electron chi connectivity index (χ2n) is 7.79. The molecule has 0 spiro atoms. The number of aliphatic carboxylic acids is 1. The van der Waals surface area contributed by atoms with Crippen molar-refractivity contribution in [2.24, 2.45) is 5.73 Å². The van der Waals surface area contributed by atoms with Crippen molar-refractivity contribution in [3.05, 3.63) is 90.2 Å². The van der Waals surface area contributed by atoms with Gasteiger partial charge in [-0.05, 0) is 24.3 Å². The molecule has 4 N–H and O–H groups in total. The van der Waals surface area contributed by atoms with Crippen molar-refractivity contribution < 1.29 is 28.7 Å². The summed E-state index contributed by atoms with van der Waals surface area (Å²) in [5, 5.41) is 9.24. The number of carboxylic acids is 1. The summed E-state index contributed by atoms with van der Waals surface area (Å²) in [5.41, 5.74) is 11.0. The minimum absolute atomic E-state index is 0.360. The number of hydrogen-bond donors (Lipinski definition) is 3. The zero-order valence-corrected chi connectivity index (χ0v) is 17.6. The Balaban J connectivity index is 1.76. The van der Waals surface area contributed by atoms with E-state index < -0.39 is 18.5 Å². The van der Waals surface area contributed by atoms with Crippen molar-refractivity contribution in [3.63, 3.8) is 0 Å². The van der Waals surface area contributed by atoms with E-state index in [-0.39, 0.29) is 0 Å². The Morgan fingerprint density at radius 2 is 1.76 bits per heavy atom. The van der Waals surface area contributed by atoms with Crippen LogP contribution in [0.5, 0.6) is 5.75 Å². The average Bonchev–Trinajstić information content (AvgIpc) is 3.45. The molecular weight excluding hydrogens is 420 g/mol. The monoisotopic (exact) mass is 441 g/mol. The number of rotatable bonds is 7. The molecule has 1 aliphatic rings. The van der Waals surface area contributed by atoms with Crippen LogP contribution in [0.15, 0.2) is 83.5 Å². The first-order chi connectivity index (χ1) is 16.0. The van der Waals surface area contributed by atoms with Gasteiger partial charge >= 0.3 is 5.97 Å². The van der Waals surface area contributed by atoms with Crippen LogP contribution < -0.4 is 15.4 Å². The Morgan fingerprint density at radius 3 is 2.45 bits per heavy atom. The third-order valence-electron chi connectivity index (χ3n) is 5.71. The van der Waals surface area contributed by atoms with E-state index in [1.807, 2.05) is 48.5 Å². The van der Waals surface area contributed by atoms with Gasteiger partial charge in [0.25, 0.3) is 0 Å². The van der Waals surface area contributed by atoms with Crippen LogP contribution in [0.2, 0.25) is 0 Å². The number of carbonyl (C=O) groups is 2. The average molecular weight is 441 g/mol. The van der Waals surface area contributed by atoms with Crippen molar-refractivity contribution in [1.82, 2.24) is 0 Å². The summed E-state index contributed by atoms with van der Waals surface area (Å²) in [6, 6.07) is 22.8. The number of nitrogens with one attached hydrogen (secondary N) is 1. The van der Waals surface area contributed by atoms with Gasteiger partial charge in [-0.15, -0.1) is 0 Å². The summed E-state index contributed by atoms with van der Waals surface area (Å²) in [6.07, 6.45) is 1.58. The molecule has 33 heavy (non-hydrogen) atoms. The summed E-state index contributed by atoms with van der Waals surface area (Å²) < 4.78 is 11.3. The number of benzene rings is 3. The van der Waals surface area contributed by atoms with Crippen molar-refractivity contribution >= 4 is 23.3 Å². The highest BCUT2D eigenvalue weighted by Crippen LogP contribution is 2.47. The van der Waals surface area contributed by atoms with Gasteiger partial charge in [0, 0.05) is 23.3 Å². The second-order valence-corrected chi connectivity index (χ2v) is 7.79. The summed E-state index contributed by atoms with van der Waals surface area (Å²) >= 11 is 0. The largest absolute Gasteiger partial charge is 0.481 e. The molecule has 5 rings (SSSR count). The fraction of sp³-hybridized carbons (Fsp3) is 0.0769. The normalized spacial score (nSPS) is 13.9. The molecule has 0 aliphatic carbocycles. The maximum atomic E-state index is 12.3. The quantitative estimate of drug-likeness (QED) is 0.407. The topological polar surface area (TPSA) is 107 Å². The summed E-state index contributed by atoms with van der Waals surface area (Å²) in [5.74, 6) is -0.664. The molecule has 2 heterocycles. The number of furan rings is 1. The number of hydrogen-bond acceptors (Lipinski definition) is 4. The lowest BCUT2D eigenvalue weighted by atomic mass is 9.97. The van der Waals surface area contributed by atoms with Crippen LogP contribution in [0, 0.1) is 0 Å². The lowest BCUT2D eigenvalue weighted by Gasteiger charge is -2.16. The Kier molecular flexibility index (Phi) is 5.16. The zero-order valence-electron chi connectivity index (χ0n) is 17.6. The molecule has 1 aromatic heterocycles. The molecule has 0 saturated heterocycles. The maximum Gasteiger partial charge on any atom is 0.341 e. The highest BCUT2D eigenvalue weighted by atomic mass is 16.5. The van der Waals surface area contributed by atoms with Gasteiger partial charge in [-0.25, -0.2) is 4.79 Å². The lowest BCUT2D eigenvalue weighted by Crippen LogP contribution is -2.99. The number of quaternary nitrogens is 1. The standard InChI is InChI=1S/C26H20N2O5/c27-26(31)18-8-4-9-19-24(18)25-20(28(19)14-16-6-2-1-3-7-16)12-17(21-10-5-11-32-21)13-22(25)33-15-23(29)30/h1-13H,14-15H2,(H2,27,31)(H,29,30)/p+1. The van der Waals surface area contributed by atoms with E-state index >= 15 is 0 Å². The zero-order chi connectivity index (χ0) is 22.9. The summed E-state index contributed by atoms with van der Waals surface area (Å²) in [7, 11) is 0. The summed E-state index contributed by atoms with van der Waals surface area (Å²) in [6.45, 7) is 0.0964. The molecule has 0 fully saturated rings. The fourth-order valence-electron chi connectivity index (χ4n) is 4.36. The first-order valence-electron chi connectivity index (χ1n) is 10.4. The van der Waals surface area contributed by atoms with Gasteiger partial charge in [0.2, 0.25) is 5.91 Å². The SMILES string of the molecule is NC(=O)c1cccc2c1-c1c(OCC(=O)O)cc(-c3ccco3)cc1[NH+]2Cc1ccccc1. The molecular formula is C26H21N2O5+. The van der Waals surface area contributed by atoms with Crippen LogP contribution in [-0.4, -0.2) is 23.6 Å². The van der Waals surface area contributed by atoms with E-state index in [4.69, 9.17) is 14.9 Å². The lowest BCUT2D eigenvalue weighted by molar-refractivity contribution is -0.772. The van der Waals surface area contributed by atoms with Crippen molar-refractivity contribution in [2.75, 3.05) is 6.61 Å². The molecule has 7 nitrogen and oxygen atoms in total. The van der Waals surface area contributed by atoms with Gasteiger partial charge in [0.15, 0.2) is 6.61 Å². The van der Waals surface area contributed by atoms with Crippen LogP contribution in [0.25, 0.3) is 22.5 Å². The van der Waals surface area contributed by atoms with Crippen molar-refractivity contribution in [3.8, 4) is 28.2 Å². The first-order valence-corrected chi connectivity index (χ1v) is 10.4. The smallest absolute Gasteiger partial charge is 0.341 e. The Morgan fingerprint density at radius 1 is 0.939 bits per heavy atom. The van der Waals surface area contributed by atoms with Gasteiger partial charge < -0.3 is 20.0 Å². The van der Waals surface area contributed by atoms with Gasteiger partial charge in [-0.1, -0.05) is 36.4 Å². The van der Waals surface area contributed by atoms with Crippen molar-refractivity contribution in [1.29, 1.82) is 0 Å². The highest BCUT2D eigenvalue weighted by molar-refractivity contribution is 6.06. The molecule has 1 amide bonds. The number of nitrogens with two attached hydrogens (primary N) is 1. The number of ether oxygens (including phenoxy) is 1. The molecule has 0 bridgehead atoms. The van der Waals surface area contributed by atoms with E-state index in [1.54, 1.807) is 30.5 Å². The Hall–Kier alpha value is -4.36. The number of fused-ring (bicyclic) bond motifs is 3. The van der Waals surface area contributed by atoms with Crippen LogP contribution in [0.3, 0.4) is 0 Å². The molecule has 1 atom stereocenters. The third-order valence-corrected chi connectivity index (χ3v) is 5.71. The highest BCUT2D eigenvalue weighted by Gasteiger charge is 2.38. The Bertz CT molecular complexity index is 1350. The molecule has 1 unspecified atom stereocenters. The fourth-order valence-corrected chi connectivity index (χ4v) is 4.36. The van der Waals surface area contributed by atoms with Gasteiger partial charge in [0.1, 0.15) is 29.4 Å². The number of carbonyl (C=O) groups excluding carboxylic acids is 1. The van der Waals surface area contributed by atoms with E-state index in [0.29, 0.717) is 34.7 Å². The van der Waals surface area contributed by atoms with Crippen LogP contribution in [0.4, 0.5) is 11.4 Å². The number of amides is 1. The molecule has 7 heteroatoms. The third kappa shape index (κ3) is 3.75. The van der Waals surface area contributed by atoms with E-state index in [0.717, 1.165) is 27.4 Å². The van der Waals surface area contributed by atoms with E-state index in [1.165, 1.54) is 0 Å². The minimum Gasteiger partial charge on any atom is -0.481 e. The number of carboxylic acid groups (broad SMARTS) is 1. The van der Waals surface area contributed by atoms with Crippen LogP contribution in [0.1, 0.15) is 15.9 Å².